The molecule has 2 saturated heterocycles. The highest BCUT2D eigenvalue weighted by Gasteiger charge is 2.30. The number of rotatable bonds is 5. The molecule has 0 bridgehead atoms. The normalized spacial score (nSPS) is 31.1. The second-order valence-corrected chi connectivity index (χ2v) is 8.10. The molecule has 0 aromatic rings. The first-order valence-corrected chi connectivity index (χ1v) is 9.34. The van der Waals surface area contributed by atoms with Crippen molar-refractivity contribution in [2.75, 3.05) is 32.6 Å². The molecule has 6 nitrogen and oxygen atoms in total. The third kappa shape index (κ3) is 4.39. The smallest absolute Gasteiger partial charge is 0.211 e. The zero-order valence-electron chi connectivity index (χ0n) is 12.3. The molecule has 118 valence electrons. The highest BCUT2D eigenvalue weighted by atomic mass is 32.2. The molecule has 2 heterocycles. The van der Waals surface area contributed by atoms with Crippen LogP contribution in [0, 0.1) is 11.8 Å². The summed E-state index contributed by atoms with van der Waals surface area (Å²) in [6.45, 7) is 2.89. The summed E-state index contributed by atoms with van der Waals surface area (Å²) in [7, 11) is -3.07. The Kier molecular flexibility index (Phi) is 5.80. The monoisotopic (exact) mass is 305 g/mol. The molecule has 2 fully saturated rings. The van der Waals surface area contributed by atoms with Gasteiger partial charge in [-0.2, -0.15) is 0 Å². The van der Waals surface area contributed by atoms with E-state index < -0.39 is 10.0 Å². The van der Waals surface area contributed by atoms with Crippen LogP contribution >= 0.6 is 0 Å². The Labute approximate surface area is 122 Å². The lowest BCUT2D eigenvalue weighted by Gasteiger charge is -2.36. The van der Waals surface area contributed by atoms with E-state index in [4.69, 9.17) is 10.6 Å². The number of hydrazine groups is 1. The van der Waals surface area contributed by atoms with Crippen LogP contribution in [0.1, 0.15) is 32.1 Å². The Morgan fingerprint density at radius 1 is 1.40 bits per heavy atom. The standard InChI is InChI=1S/C13H27N3O3S/c1-20(17,18)16-6-2-4-11(9-16)8-13(15-14)12-5-3-7-19-10-12/h11-13,15H,2-10,14H2,1H3. The van der Waals surface area contributed by atoms with Crippen molar-refractivity contribution in [1.82, 2.24) is 9.73 Å². The van der Waals surface area contributed by atoms with Gasteiger partial charge in [-0.05, 0) is 43.9 Å². The van der Waals surface area contributed by atoms with Crippen LogP contribution in [0.4, 0.5) is 0 Å². The van der Waals surface area contributed by atoms with Gasteiger partial charge in [-0.3, -0.25) is 11.3 Å². The minimum absolute atomic E-state index is 0.222. The fraction of sp³-hybridized carbons (Fsp3) is 1.00. The maximum Gasteiger partial charge on any atom is 0.211 e. The lowest BCUT2D eigenvalue weighted by molar-refractivity contribution is 0.0335. The summed E-state index contributed by atoms with van der Waals surface area (Å²) < 4.78 is 30.4. The van der Waals surface area contributed by atoms with Crippen molar-refractivity contribution in [2.24, 2.45) is 17.7 Å². The van der Waals surface area contributed by atoms with E-state index >= 15 is 0 Å². The molecular formula is C13H27N3O3S. The Bertz CT molecular complexity index is 396. The van der Waals surface area contributed by atoms with Gasteiger partial charge in [0.2, 0.25) is 10.0 Å². The first kappa shape index (κ1) is 16.2. The number of hydrogen-bond acceptors (Lipinski definition) is 5. The summed E-state index contributed by atoms with van der Waals surface area (Å²) in [5.41, 5.74) is 2.92. The van der Waals surface area contributed by atoms with Crippen LogP contribution in [-0.2, 0) is 14.8 Å². The van der Waals surface area contributed by atoms with Gasteiger partial charge in [-0.15, -0.1) is 0 Å². The van der Waals surface area contributed by atoms with Crippen LogP contribution < -0.4 is 11.3 Å². The summed E-state index contributed by atoms with van der Waals surface area (Å²) in [5, 5.41) is 0. The molecule has 0 radical (unpaired) electrons. The molecule has 3 unspecified atom stereocenters. The number of hydrogen-bond donors (Lipinski definition) is 2. The van der Waals surface area contributed by atoms with Crippen LogP contribution in [0.2, 0.25) is 0 Å². The van der Waals surface area contributed by atoms with E-state index in [9.17, 15) is 8.42 Å². The maximum absolute atomic E-state index is 11.7. The molecule has 2 aliphatic heterocycles. The Morgan fingerprint density at radius 3 is 2.80 bits per heavy atom. The van der Waals surface area contributed by atoms with Crippen molar-refractivity contribution < 1.29 is 13.2 Å². The minimum Gasteiger partial charge on any atom is -0.381 e. The molecule has 0 amide bonds. The molecule has 20 heavy (non-hydrogen) atoms. The fourth-order valence-corrected chi connectivity index (χ4v) is 4.30. The average Bonchev–Trinajstić information content (AvgIpc) is 2.45. The van der Waals surface area contributed by atoms with Gasteiger partial charge in [0.05, 0.1) is 12.9 Å². The highest BCUT2D eigenvalue weighted by Crippen LogP contribution is 2.27. The van der Waals surface area contributed by atoms with E-state index in [2.05, 4.69) is 5.43 Å². The molecule has 0 spiro atoms. The fourth-order valence-electron chi connectivity index (χ4n) is 3.36. The summed E-state index contributed by atoms with van der Waals surface area (Å²) in [5.74, 6) is 6.54. The van der Waals surface area contributed by atoms with Crippen molar-refractivity contribution in [3.63, 3.8) is 0 Å². The molecular weight excluding hydrogens is 278 g/mol. The van der Waals surface area contributed by atoms with Gasteiger partial charge in [0.1, 0.15) is 0 Å². The van der Waals surface area contributed by atoms with Crippen LogP contribution in [-0.4, -0.2) is 51.3 Å². The quantitative estimate of drug-likeness (QED) is 0.564. The molecule has 2 rings (SSSR count). The topological polar surface area (TPSA) is 84.7 Å². The van der Waals surface area contributed by atoms with Gasteiger partial charge < -0.3 is 4.74 Å². The van der Waals surface area contributed by atoms with Crippen molar-refractivity contribution >= 4 is 10.0 Å². The molecule has 0 aliphatic carbocycles. The van der Waals surface area contributed by atoms with Crippen LogP contribution in [0.25, 0.3) is 0 Å². The number of ether oxygens (including phenoxy) is 1. The van der Waals surface area contributed by atoms with Crippen molar-refractivity contribution in [2.45, 2.75) is 38.1 Å². The van der Waals surface area contributed by atoms with Gasteiger partial charge in [0.25, 0.3) is 0 Å². The second kappa shape index (κ2) is 7.17. The molecule has 0 aromatic carbocycles. The second-order valence-electron chi connectivity index (χ2n) is 6.12. The summed E-state index contributed by atoms with van der Waals surface area (Å²) >= 11 is 0. The van der Waals surface area contributed by atoms with E-state index in [1.165, 1.54) is 6.26 Å². The zero-order chi connectivity index (χ0) is 14.6. The summed E-state index contributed by atoms with van der Waals surface area (Å²) in [4.78, 5) is 0. The number of nitrogens with zero attached hydrogens (tertiary/aromatic N) is 1. The average molecular weight is 305 g/mol. The number of piperidine rings is 1. The Hall–Kier alpha value is -0.210. The summed E-state index contributed by atoms with van der Waals surface area (Å²) in [6, 6.07) is 0.222. The Morgan fingerprint density at radius 2 is 2.20 bits per heavy atom. The van der Waals surface area contributed by atoms with Crippen LogP contribution in [0.15, 0.2) is 0 Å². The third-order valence-corrected chi connectivity index (χ3v) is 5.79. The molecule has 3 atom stereocenters. The molecule has 2 aliphatic rings. The van der Waals surface area contributed by atoms with Gasteiger partial charge in [0, 0.05) is 25.7 Å². The lowest BCUT2D eigenvalue weighted by atomic mass is 9.85. The van der Waals surface area contributed by atoms with Gasteiger partial charge in [-0.1, -0.05) is 0 Å². The van der Waals surface area contributed by atoms with E-state index in [1.54, 1.807) is 4.31 Å². The van der Waals surface area contributed by atoms with Crippen LogP contribution in [0.3, 0.4) is 0 Å². The molecule has 7 heteroatoms. The predicted molar refractivity (Wildman–Crippen MR) is 78.4 cm³/mol. The predicted octanol–water partition coefficient (Wildman–Crippen LogP) is 0.307. The highest BCUT2D eigenvalue weighted by molar-refractivity contribution is 7.88. The minimum atomic E-state index is -3.07. The SMILES string of the molecule is CS(=O)(=O)N1CCCC(CC(NN)C2CCCOC2)C1. The lowest BCUT2D eigenvalue weighted by Crippen LogP contribution is -2.47. The number of nitrogens with one attached hydrogen (secondary N) is 1. The van der Waals surface area contributed by atoms with Crippen molar-refractivity contribution in [3.8, 4) is 0 Å². The molecule has 0 aromatic heterocycles. The number of sulfonamides is 1. The van der Waals surface area contributed by atoms with E-state index in [0.29, 0.717) is 24.9 Å². The van der Waals surface area contributed by atoms with E-state index in [1.807, 2.05) is 0 Å². The van der Waals surface area contributed by atoms with Gasteiger partial charge in [-0.25, -0.2) is 12.7 Å². The van der Waals surface area contributed by atoms with Crippen LogP contribution in [0.5, 0.6) is 0 Å². The van der Waals surface area contributed by atoms with E-state index in [0.717, 1.165) is 45.3 Å². The van der Waals surface area contributed by atoms with Crippen molar-refractivity contribution in [3.05, 3.63) is 0 Å². The van der Waals surface area contributed by atoms with Gasteiger partial charge in [0.15, 0.2) is 0 Å². The third-order valence-electron chi connectivity index (χ3n) is 4.52. The molecule has 3 N–H and O–H groups in total. The summed E-state index contributed by atoms with van der Waals surface area (Å²) in [6.07, 6.45) is 6.47. The first-order valence-electron chi connectivity index (χ1n) is 7.49. The molecule has 0 saturated carbocycles. The number of nitrogens with two attached hydrogens (primary N) is 1. The van der Waals surface area contributed by atoms with Gasteiger partial charge >= 0.3 is 0 Å². The Balaban J connectivity index is 1.90. The largest absolute Gasteiger partial charge is 0.381 e. The zero-order valence-corrected chi connectivity index (χ0v) is 13.1. The van der Waals surface area contributed by atoms with Crippen molar-refractivity contribution in [1.29, 1.82) is 0 Å². The van der Waals surface area contributed by atoms with E-state index in [-0.39, 0.29) is 6.04 Å². The first-order chi connectivity index (χ1) is 9.50. The maximum atomic E-state index is 11.7.